The summed E-state index contributed by atoms with van der Waals surface area (Å²) in [5, 5.41) is 0. The van der Waals surface area contributed by atoms with Crippen LogP contribution in [-0.4, -0.2) is 45.3 Å². The van der Waals surface area contributed by atoms with Crippen LogP contribution in [0.5, 0.6) is 0 Å². The van der Waals surface area contributed by atoms with E-state index in [1.54, 1.807) is 47.4 Å². The van der Waals surface area contributed by atoms with Crippen LogP contribution >= 0.6 is 0 Å². The number of sulfonamides is 1. The number of anilines is 1. The van der Waals surface area contributed by atoms with E-state index in [4.69, 9.17) is 0 Å². The first-order valence-corrected chi connectivity index (χ1v) is 10.7. The van der Waals surface area contributed by atoms with Crippen LogP contribution in [0.3, 0.4) is 0 Å². The first-order valence-electron chi connectivity index (χ1n) is 9.28. The molecule has 0 spiro atoms. The molecule has 2 aromatic rings. The molecule has 0 atom stereocenters. The summed E-state index contributed by atoms with van der Waals surface area (Å²) < 4.78 is 32.0. The van der Waals surface area contributed by atoms with Crippen molar-refractivity contribution in [1.82, 2.24) is 4.31 Å². The van der Waals surface area contributed by atoms with Crippen LogP contribution in [0, 0.1) is 0 Å². The average Bonchev–Trinajstić information content (AvgIpc) is 2.72. The number of methoxy groups -OCH3 is 1. The fourth-order valence-electron chi connectivity index (χ4n) is 3.45. The monoisotopic (exact) mass is 416 g/mol. The molecule has 0 aromatic heterocycles. The highest BCUT2D eigenvalue weighted by molar-refractivity contribution is 7.89. The Labute approximate surface area is 170 Å². The molecule has 7 nitrogen and oxygen atoms in total. The second kappa shape index (κ2) is 8.34. The van der Waals surface area contributed by atoms with Crippen molar-refractivity contribution in [2.75, 3.05) is 25.6 Å². The molecule has 1 aliphatic rings. The number of fused-ring (bicyclic) bond motifs is 1. The van der Waals surface area contributed by atoms with Crippen LogP contribution in [0.25, 0.3) is 0 Å². The number of hydrogen-bond acceptors (Lipinski definition) is 5. The molecule has 154 valence electrons. The van der Waals surface area contributed by atoms with Crippen molar-refractivity contribution >= 4 is 27.6 Å². The Morgan fingerprint density at radius 3 is 2.45 bits per heavy atom. The van der Waals surface area contributed by atoms with Crippen molar-refractivity contribution in [3.8, 4) is 0 Å². The molecule has 0 unspecified atom stereocenters. The molecule has 1 amide bonds. The van der Waals surface area contributed by atoms with Gasteiger partial charge in [0, 0.05) is 32.7 Å². The van der Waals surface area contributed by atoms with E-state index in [1.807, 2.05) is 0 Å². The fourth-order valence-corrected chi connectivity index (χ4v) is 4.66. The van der Waals surface area contributed by atoms with Gasteiger partial charge < -0.3 is 9.64 Å². The lowest BCUT2D eigenvalue weighted by Crippen LogP contribution is -2.34. The second-order valence-corrected chi connectivity index (χ2v) is 9.06. The summed E-state index contributed by atoms with van der Waals surface area (Å²) in [6.45, 7) is 2.33. The van der Waals surface area contributed by atoms with Gasteiger partial charge in [-0.15, -0.1) is 0 Å². The minimum absolute atomic E-state index is 0.0472. The van der Waals surface area contributed by atoms with Gasteiger partial charge in [-0.05, 0) is 54.3 Å². The van der Waals surface area contributed by atoms with Crippen molar-refractivity contribution in [2.24, 2.45) is 0 Å². The average molecular weight is 416 g/mol. The van der Waals surface area contributed by atoms with Gasteiger partial charge in [0.15, 0.2) is 0 Å². The lowest BCUT2D eigenvalue weighted by molar-refractivity contribution is -0.116. The molecule has 0 fully saturated rings. The lowest BCUT2D eigenvalue weighted by atomic mass is 10.0. The minimum Gasteiger partial charge on any atom is -0.465 e. The maximum absolute atomic E-state index is 13.0. The summed E-state index contributed by atoms with van der Waals surface area (Å²) in [6.07, 6.45) is 1.54. The van der Waals surface area contributed by atoms with Crippen molar-refractivity contribution in [1.29, 1.82) is 0 Å². The highest BCUT2D eigenvalue weighted by Crippen LogP contribution is 2.30. The maximum Gasteiger partial charge on any atom is 0.337 e. The molecule has 0 saturated heterocycles. The van der Waals surface area contributed by atoms with Crippen molar-refractivity contribution < 1.29 is 22.7 Å². The Balaban J connectivity index is 1.81. The van der Waals surface area contributed by atoms with Crippen LogP contribution in [0.15, 0.2) is 47.4 Å². The number of esters is 1. The van der Waals surface area contributed by atoms with Crippen LogP contribution in [0.4, 0.5) is 5.69 Å². The summed E-state index contributed by atoms with van der Waals surface area (Å²) >= 11 is 0. The normalized spacial score (nSPS) is 13.9. The van der Waals surface area contributed by atoms with Crippen molar-refractivity contribution in [2.45, 2.75) is 31.2 Å². The van der Waals surface area contributed by atoms with E-state index < -0.39 is 16.0 Å². The van der Waals surface area contributed by atoms with Crippen LogP contribution in [0.2, 0.25) is 0 Å². The van der Waals surface area contributed by atoms with E-state index in [2.05, 4.69) is 4.74 Å². The van der Waals surface area contributed by atoms with E-state index in [0.29, 0.717) is 12.1 Å². The minimum atomic E-state index is -3.70. The predicted octanol–water partition coefficient (Wildman–Crippen LogP) is 2.59. The molecule has 0 radical (unpaired) electrons. The molecule has 8 heteroatoms. The topological polar surface area (TPSA) is 84.0 Å². The zero-order valence-electron chi connectivity index (χ0n) is 16.7. The number of rotatable bonds is 5. The van der Waals surface area contributed by atoms with Gasteiger partial charge in [-0.3, -0.25) is 4.79 Å². The number of nitrogens with zero attached hydrogens (tertiary/aromatic N) is 2. The fraction of sp³-hybridized carbons (Fsp3) is 0.333. The Kier molecular flexibility index (Phi) is 6.04. The van der Waals surface area contributed by atoms with E-state index in [9.17, 15) is 18.0 Å². The number of benzene rings is 2. The van der Waals surface area contributed by atoms with Crippen molar-refractivity contribution in [3.05, 3.63) is 59.2 Å². The smallest absolute Gasteiger partial charge is 0.337 e. The van der Waals surface area contributed by atoms with Crippen molar-refractivity contribution in [3.63, 3.8) is 0 Å². The molecule has 3 rings (SSSR count). The van der Waals surface area contributed by atoms with Gasteiger partial charge in [0.25, 0.3) is 0 Å². The molecular weight excluding hydrogens is 392 g/mol. The third kappa shape index (κ3) is 4.33. The summed E-state index contributed by atoms with van der Waals surface area (Å²) in [7, 11) is -0.872. The first kappa shape index (κ1) is 21.0. The summed E-state index contributed by atoms with van der Waals surface area (Å²) in [6, 6.07) is 11.5. The molecular formula is C21H24N2O5S. The summed E-state index contributed by atoms with van der Waals surface area (Å²) in [5.41, 5.74) is 2.81. The largest absolute Gasteiger partial charge is 0.465 e. The molecule has 1 aliphatic heterocycles. The number of carbonyl (C=O) groups excluding carboxylic acids is 2. The van der Waals surface area contributed by atoms with Crippen LogP contribution in [0.1, 0.15) is 34.8 Å². The van der Waals surface area contributed by atoms with Gasteiger partial charge in [-0.1, -0.05) is 12.1 Å². The molecule has 0 aliphatic carbocycles. The number of amides is 1. The number of aryl methyl sites for hydroxylation is 1. The zero-order valence-corrected chi connectivity index (χ0v) is 17.5. The van der Waals surface area contributed by atoms with E-state index in [0.717, 1.165) is 29.7 Å². The Morgan fingerprint density at radius 2 is 1.83 bits per heavy atom. The van der Waals surface area contributed by atoms with Gasteiger partial charge >= 0.3 is 5.97 Å². The summed E-state index contributed by atoms with van der Waals surface area (Å²) in [5.74, 6) is -0.486. The maximum atomic E-state index is 13.0. The summed E-state index contributed by atoms with van der Waals surface area (Å²) in [4.78, 5) is 25.2. The SMILES string of the molecule is COC(=O)c1ccc(CN(C)S(=O)(=O)c2ccc3c(c2)CCCN3C(C)=O)cc1. The number of ether oxygens (including phenoxy) is 1. The quantitative estimate of drug-likeness (QED) is 0.700. The van der Waals surface area contributed by atoms with Gasteiger partial charge in [0.05, 0.1) is 17.6 Å². The number of hydrogen-bond donors (Lipinski definition) is 0. The highest BCUT2D eigenvalue weighted by atomic mass is 32.2. The molecule has 1 heterocycles. The highest BCUT2D eigenvalue weighted by Gasteiger charge is 2.25. The van der Waals surface area contributed by atoms with Gasteiger partial charge in [0.1, 0.15) is 0 Å². The number of carbonyl (C=O) groups is 2. The molecule has 2 aromatic carbocycles. The lowest BCUT2D eigenvalue weighted by Gasteiger charge is -2.29. The van der Waals surface area contributed by atoms with E-state index in [1.165, 1.54) is 25.4 Å². The standard InChI is InChI=1S/C21H24N2O5S/c1-15(24)23-12-4-5-18-13-19(10-11-20(18)23)29(26,27)22(2)14-16-6-8-17(9-7-16)21(25)28-3/h6-11,13H,4-5,12,14H2,1-3H3. The first-order chi connectivity index (χ1) is 13.7. The molecule has 29 heavy (non-hydrogen) atoms. The Hall–Kier alpha value is -2.71. The predicted molar refractivity (Wildman–Crippen MR) is 109 cm³/mol. The Bertz CT molecular complexity index is 1030. The van der Waals surface area contributed by atoms with Crippen LogP contribution < -0.4 is 4.90 Å². The zero-order chi connectivity index (χ0) is 21.2. The van der Waals surface area contributed by atoms with E-state index >= 15 is 0 Å². The third-order valence-electron chi connectivity index (χ3n) is 5.04. The Morgan fingerprint density at radius 1 is 1.14 bits per heavy atom. The van der Waals surface area contributed by atoms with Crippen LogP contribution in [-0.2, 0) is 32.5 Å². The molecule has 0 bridgehead atoms. The molecule has 0 saturated carbocycles. The van der Waals surface area contributed by atoms with Gasteiger partial charge in [-0.25, -0.2) is 13.2 Å². The second-order valence-electron chi connectivity index (χ2n) is 7.01. The third-order valence-corrected chi connectivity index (χ3v) is 6.84. The van der Waals surface area contributed by atoms with Gasteiger partial charge in [-0.2, -0.15) is 4.31 Å². The van der Waals surface area contributed by atoms with E-state index in [-0.39, 0.29) is 17.3 Å². The van der Waals surface area contributed by atoms with Gasteiger partial charge in [0.2, 0.25) is 15.9 Å². The molecule has 0 N–H and O–H groups in total.